The summed E-state index contributed by atoms with van der Waals surface area (Å²) in [6.45, 7) is -0.0331. The number of hydrogen-bond donors (Lipinski definition) is 2. The van der Waals surface area contributed by atoms with E-state index in [-0.39, 0.29) is 18.0 Å². The van der Waals surface area contributed by atoms with Gasteiger partial charge in [0.05, 0.1) is 28.5 Å². The van der Waals surface area contributed by atoms with E-state index < -0.39 is 43.5 Å². The highest BCUT2D eigenvalue weighted by Crippen LogP contribution is 2.26. The van der Waals surface area contributed by atoms with E-state index in [0.717, 1.165) is 8.78 Å². The maximum Gasteiger partial charge on any atom is 0.243 e. The van der Waals surface area contributed by atoms with Crippen LogP contribution in [0.15, 0.2) is 33.6 Å². The largest absolute Gasteiger partial charge is 0.390 e. The van der Waals surface area contributed by atoms with E-state index in [1.165, 1.54) is 12.1 Å². The van der Waals surface area contributed by atoms with Gasteiger partial charge >= 0.3 is 0 Å². The molecule has 3 N–H and O–H groups in total. The van der Waals surface area contributed by atoms with Crippen LogP contribution in [-0.2, 0) is 19.9 Å². The number of aliphatic hydroxyl groups is 1. The molecule has 1 aliphatic heterocycles. The standard InChI is InChI=1S/C12H17BrN2O5S2/c13-9-1-3-10(4-2-9)22(19,20)15(6-5-14)11-7-21(17,18)8-12(11)16/h1-4,11-12,16H,5-8,14H2/t11-,12+/m1/s1. The van der Waals surface area contributed by atoms with Crippen molar-refractivity contribution in [3.63, 3.8) is 0 Å². The van der Waals surface area contributed by atoms with Gasteiger partial charge in [-0.15, -0.1) is 0 Å². The zero-order valence-corrected chi connectivity index (χ0v) is 14.8. The molecular formula is C12H17BrN2O5S2. The zero-order valence-electron chi connectivity index (χ0n) is 11.6. The van der Waals surface area contributed by atoms with E-state index in [1.807, 2.05) is 0 Å². The summed E-state index contributed by atoms with van der Waals surface area (Å²) in [4.78, 5) is 0.0284. The van der Waals surface area contributed by atoms with Crippen LogP contribution in [0.3, 0.4) is 0 Å². The molecule has 124 valence electrons. The Morgan fingerprint density at radius 2 is 1.86 bits per heavy atom. The number of nitrogens with two attached hydrogens (primary N) is 1. The first kappa shape index (κ1) is 17.8. The molecule has 2 atom stereocenters. The lowest BCUT2D eigenvalue weighted by Crippen LogP contribution is -2.48. The molecule has 1 heterocycles. The van der Waals surface area contributed by atoms with Gasteiger partial charge in [0.2, 0.25) is 10.0 Å². The summed E-state index contributed by atoms with van der Waals surface area (Å²) in [7, 11) is -7.40. The van der Waals surface area contributed by atoms with E-state index >= 15 is 0 Å². The van der Waals surface area contributed by atoms with Gasteiger partial charge in [-0.3, -0.25) is 0 Å². The lowest BCUT2D eigenvalue weighted by molar-refractivity contribution is 0.129. The van der Waals surface area contributed by atoms with Crippen molar-refractivity contribution in [1.82, 2.24) is 4.31 Å². The Morgan fingerprint density at radius 3 is 2.32 bits per heavy atom. The molecule has 0 amide bonds. The minimum absolute atomic E-state index is 0.0268. The molecule has 1 aromatic carbocycles. The SMILES string of the molecule is NCCN([C@@H]1CS(=O)(=O)C[C@@H]1O)S(=O)(=O)c1ccc(Br)cc1. The van der Waals surface area contributed by atoms with Crippen molar-refractivity contribution in [3.8, 4) is 0 Å². The van der Waals surface area contributed by atoms with Crippen LogP contribution in [0.4, 0.5) is 0 Å². The summed E-state index contributed by atoms with van der Waals surface area (Å²) in [6, 6.07) is 4.98. The van der Waals surface area contributed by atoms with Crippen LogP contribution in [0.25, 0.3) is 0 Å². The molecular weight excluding hydrogens is 396 g/mol. The summed E-state index contributed by atoms with van der Waals surface area (Å²) in [5, 5.41) is 9.94. The second-order valence-corrected chi connectivity index (χ2v) is 10.0. The van der Waals surface area contributed by atoms with Gasteiger partial charge in [0.15, 0.2) is 9.84 Å². The normalized spacial score (nSPS) is 24.7. The first-order valence-corrected chi connectivity index (χ1v) is 10.6. The van der Waals surface area contributed by atoms with Crippen molar-refractivity contribution in [2.45, 2.75) is 17.0 Å². The molecule has 10 heteroatoms. The van der Waals surface area contributed by atoms with Gasteiger partial charge in [-0.05, 0) is 24.3 Å². The predicted octanol–water partition coefficient (Wildman–Crippen LogP) is -0.444. The molecule has 22 heavy (non-hydrogen) atoms. The van der Waals surface area contributed by atoms with Crippen molar-refractivity contribution < 1.29 is 21.9 Å². The van der Waals surface area contributed by atoms with E-state index in [9.17, 15) is 21.9 Å². The van der Waals surface area contributed by atoms with Crippen molar-refractivity contribution in [3.05, 3.63) is 28.7 Å². The fourth-order valence-corrected chi connectivity index (χ4v) is 6.25. The van der Waals surface area contributed by atoms with Gasteiger partial charge in [-0.25, -0.2) is 16.8 Å². The molecule has 2 rings (SSSR count). The third kappa shape index (κ3) is 3.69. The van der Waals surface area contributed by atoms with Crippen LogP contribution in [-0.4, -0.2) is 63.0 Å². The molecule has 1 fully saturated rings. The predicted molar refractivity (Wildman–Crippen MR) is 85.5 cm³/mol. The second-order valence-electron chi connectivity index (χ2n) is 5.07. The number of sulfone groups is 1. The lowest BCUT2D eigenvalue weighted by atomic mass is 10.2. The average Bonchev–Trinajstić information content (AvgIpc) is 2.69. The zero-order chi connectivity index (χ0) is 16.5. The van der Waals surface area contributed by atoms with Crippen LogP contribution in [0.1, 0.15) is 0 Å². The molecule has 0 bridgehead atoms. The molecule has 0 spiro atoms. The van der Waals surface area contributed by atoms with E-state index in [1.54, 1.807) is 12.1 Å². The Morgan fingerprint density at radius 1 is 1.27 bits per heavy atom. The molecule has 0 saturated carbocycles. The minimum Gasteiger partial charge on any atom is -0.390 e. The van der Waals surface area contributed by atoms with Crippen molar-refractivity contribution in [2.24, 2.45) is 5.73 Å². The number of halogens is 1. The number of benzene rings is 1. The average molecular weight is 413 g/mol. The van der Waals surface area contributed by atoms with Gasteiger partial charge in [0, 0.05) is 17.6 Å². The highest BCUT2D eigenvalue weighted by Gasteiger charge is 2.44. The third-order valence-electron chi connectivity index (χ3n) is 3.43. The summed E-state index contributed by atoms with van der Waals surface area (Å²) in [6.07, 6.45) is -1.25. The van der Waals surface area contributed by atoms with Gasteiger partial charge in [0.25, 0.3) is 0 Å². The van der Waals surface area contributed by atoms with Crippen LogP contribution < -0.4 is 5.73 Å². The van der Waals surface area contributed by atoms with E-state index in [2.05, 4.69) is 15.9 Å². The Balaban J connectivity index is 2.41. The van der Waals surface area contributed by atoms with Crippen molar-refractivity contribution in [1.29, 1.82) is 0 Å². The van der Waals surface area contributed by atoms with Crippen LogP contribution in [0.2, 0.25) is 0 Å². The molecule has 7 nitrogen and oxygen atoms in total. The highest BCUT2D eigenvalue weighted by molar-refractivity contribution is 9.10. The second kappa shape index (κ2) is 6.54. The molecule has 1 aliphatic rings. The van der Waals surface area contributed by atoms with Gasteiger partial charge in [0.1, 0.15) is 0 Å². The number of rotatable bonds is 5. The Kier molecular flexibility index (Phi) is 5.30. The topological polar surface area (TPSA) is 118 Å². The summed E-state index contributed by atoms with van der Waals surface area (Å²) in [5.74, 6) is -0.835. The number of hydrogen-bond acceptors (Lipinski definition) is 6. The van der Waals surface area contributed by atoms with Crippen molar-refractivity contribution in [2.75, 3.05) is 24.6 Å². The molecule has 0 unspecified atom stereocenters. The summed E-state index contributed by atoms with van der Waals surface area (Å²) < 4.78 is 50.5. The molecule has 0 aliphatic carbocycles. The first-order chi connectivity index (χ1) is 10.2. The maximum atomic E-state index is 12.7. The molecule has 0 radical (unpaired) electrons. The number of nitrogens with zero attached hydrogens (tertiary/aromatic N) is 1. The van der Waals surface area contributed by atoms with Crippen LogP contribution >= 0.6 is 15.9 Å². The number of sulfonamides is 1. The van der Waals surface area contributed by atoms with E-state index in [4.69, 9.17) is 5.73 Å². The maximum absolute atomic E-state index is 12.7. The molecule has 1 aromatic rings. The number of aliphatic hydroxyl groups excluding tert-OH is 1. The first-order valence-electron chi connectivity index (χ1n) is 6.53. The van der Waals surface area contributed by atoms with Crippen molar-refractivity contribution >= 4 is 35.8 Å². The Hall–Kier alpha value is -0.520. The Bertz CT molecular complexity index is 733. The monoisotopic (exact) mass is 412 g/mol. The highest BCUT2D eigenvalue weighted by atomic mass is 79.9. The molecule has 0 aromatic heterocycles. The third-order valence-corrected chi connectivity index (χ3v) is 7.60. The minimum atomic E-state index is -3.94. The fraction of sp³-hybridized carbons (Fsp3) is 0.500. The van der Waals surface area contributed by atoms with Gasteiger partial charge < -0.3 is 10.8 Å². The van der Waals surface area contributed by atoms with E-state index in [0.29, 0.717) is 0 Å². The van der Waals surface area contributed by atoms with Crippen LogP contribution in [0, 0.1) is 0 Å². The summed E-state index contributed by atoms with van der Waals surface area (Å²) >= 11 is 3.22. The van der Waals surface area contributed by atoms with Gasteiger partial charge in [-0.2, -0.15) is 4.31 Å². The fourth-order valence-electron chi connectivity index (χ4n) is 2.42. The summed E-state index contributed by atoms with van der Waals surface area (Å²) in [5.41, 5.74) is 5.46. The van der Waals surface area contributed by atoms with Crippen LogP contribution in [0.5, 0.6) is 0 Å². The molecule has 1 saturated heterocycles. The lowest BCUT2D eigenvalue weighted by Gasteiger charge is -2.28. The smallest absolute Gasteiger partial charge is 0.243 e. The quantitative estimate of drug-likeness (QED) is 0.676. The van der Waals surface area contributed by atoms with Gasteiger partial charge in [-0.1, -0.05) is 15.9 Å². The Labute approximate surface area is 138 Å².